The Hall–Kier alpha value is -0.900. The van der Waals surface area contributed by atoms with E-state index in [0.717, 1.165) is 31.5 Å². The van der Waals surface area contributed by atoms with Crippen molar-refractivity contribution in [2.24, 2.45) is 0 Å². The third-order valence-electron chi connectivity index (χ3n) is 2.51. The molecule has 0 amide bonds. The van der Waals surface area contributed by atoms with Crippen LogP contribution in [0.3, 0.4) is 0 Å². The van der Waals surface area contributed by atoms with Crippen LogP contribution in [0.5, 0.6) is 0 Å². The Balaban J connectivity index is 2.48. The molecular weight excluding hydrogens is 190 g/mol. The van der Waals surface area contributed by atoms with Gasteiger partial charge in [0.15, 0.2) is 0 Å². The maximum atomic E-state index is 9.94. The minimum absolute atomic E-state index is 0.405. The van der Waals surface area contributed by atoms with Crippen molar-refractivity contribution in [1.82, 2.24) is 15.0 Å². The first-order valence-electron chi connectivity index (χ1n) is 5.86. The molecule has 4 nitrogen and oxygen atoms in total. The summed E-state index contributed by atoms with van der Waals surface area (Å²) in [6.07, 6.45) is 6.51. The number of unbranched alkanes of at least 4 members (excludes halogenated alkanes) is 2. The van der Waals surface area contributed by atoms with E-state index in [1.165, 1.54) is 12.8 Å². The average Bonchev–Trinajstić information content (AvgIpc) is 2.67. The van der Waals surface area contributed by atoms with Crippen LogP contribution in [0.25, 0.3) is 0 Å². The number of hydrogen-bond acceptors (Lipinski definition) is 3. The molecular formula is C11H21N3O. The minimum atomic E-state index is -0.405. The van der Waals surface area contributed by atoms with Gasteiger partial charge in [-0.1, -0.05) is 38.3 Å². The first-order valence-corrected chi connectivity index (χ1v) is 5.86. The summed E-state index contributed by atoms with van der Waals surface area (Å²) in [6, 6.07) is 0. The molecule has 1 atom stereocenters. The molecule has 1 aromatic heterocycles. The van der Waals surface area contributed by atoms with Crippen LogP contribution in [-0.2, 0) is 6.54 Å². The Kier molecular flexibility index (Phi) is 5.32. The SMILES string of the molecule is CCCCCC(O)c1cnnn1CCC. The zero-order valence-corrected chi connectivity index (χ0v) is 9.69. The van der Waals surface area contributed by atoms with E-state index in [1.54, 1.807) is 10.9 Å². The van der Waals surface area contributed by atoms with Crippen LogP contribution in [0.2, 0.25) is 0 Å². The van der Waals surface area contributed by atoms with Crippen molar-refractivity contribution in [2.75, 3.05) is 0 Å². The fraction of sp³-hybridized carbons (Fsp3) is 0.818. The normalized spacial score (nSPS) is 13.0. The molecule has 1 rings (SSSR count). The van der Waals surface area contributed by atoms with E-state index >= 15 is 0 Å². The molecule has 0 spiro atoms. The highest BCUT2D eigenvalue weighted by atomic mass is 16.3. The average molecular weight is 211 g/mol. The number of nitrogens with zero attached hydrogens (tertiary/aromatic N) is 3. The Morgan fingerprint density at radius 1 is 1.33 bits per heavy atom. The highest BCUT2D eigenvalue weighted by Gasteiger charge is 2.12. The predicted octanol–water partition coefficient (Wildman–Crippen LogP) is 2.30. The highest BCUT2D eigenvalue weighted by Crippen LogP contribution is 2.18. The van der Waals surface area contributed by atoms with Gasteiger partial charge in [0.1, 0.15) is 0 Å². The maximum absolute atomic E-state index is 9.94. The summed E-state index contributed by atoms with van der Waals surface area (Å²) in [7, 11) is 0. The third kappa shape index (κ3) is 3.63. The summed E-state index contributed by atoms with van der Waals surface area (Å²) >= 11 is 0. The van der Waals surface area contributed by atoms with Gasteiger partial charge in [-0.2, -0.15) is 0 Å². The molecule has 0 saturated carbocycles. The van der Waals surface area contributed by atoms with Crippen molar-refractivity contribution in [3.05, 3.63) is 11.9 Å². The largest absolute Gasteiger partial charge is 0.387 e. The van der Waals surface area contributed by atoms with Crippen molar-refractivity contribution in [2.45, 2.75) is 58.6 Å². The molecule has 1 aromatic rings. The molecule has 0 aliphatic heterocycles. The lowest BCUT2D eigenvalue weighted by Gasteiger charge is -2.11. The zero-order chi connectivity index (χ0) is 11.1. The Morgan fingerprint density at radius 2 is 2.13 bits per heavy atom. The van der Waals surface area contributed by atoms with Crippen LogP contribution < -0.4 is 0 Å². The molecule has 1 heterocycles. The van der Waals surface area contributed by atoms with Gasteiger partial charge in [-0.15, -0.1) is 5.10 Å². The summed E-state index contributed by atoms with van der Waals surface area (Å²) in [5.41, 5.74) is 0.855. The third-order valence-corrected chi connectivity index (χ3v) is 2.51. The summed E-state index contributed by atoms with van der Waals surface area (Å²) in [6.45, 7) is 5.09. The van der Waals surface area contributed by atoms with E-state index in [1.807, 2.05) is 0 Å². The standard InChI is InChI=1S/C11H21N3O/c1-3-5-6-7-11(15)10-9-12-13-14(10)8-4-2/h9,11,15H,3-8H2,1-2H3. The van der Waals surface area contributed by atoms with Gasteiger partial charge in [0.2, 0.25) is 0 Å². The van der Waals surface area contributed by atoms with Crippen molar-refractivity contribution in [1.29, 1.82) is 0 Å². The van der Waals surface area contributed by atoms with Gasteiger partial charge in [0.05, 0.1) is 18.0 Å². The van der Waals surface area contributed by atoms with Crippen LogP contribution in [0.15, 0.2) is 6.20 Å². The van der Waals surface area contributed by atoms with Gasteiger partial charge in [-0.25, -0.2) is 4.68 Å². The molecule has 0 saturated heterocycles. The van der Waals surface area contributed by atoms with E-state index in [-0.39, 0.29) is 0 Å². The lowest BCUT2D eigenvalue weighted by molar-refractivity contribution is 0.152. The molecule has 1 N–H and O–H groups in total. The smallest absolute Gasteiger partial charge is 0.0973 e. The van der Waals surface area contributed by atoms with E-state index < -0.39 is 6.10 Å². The lowest BCUT2D eigenvalue weighted by Crippen LogP contribution is -2.09. The van der Waals surface area contributed by atoms with Crippen molar-refractivity contribution in [3.63, 3.8) is 0 Å². The van der Waals surface area contributed by atoms with E-state index in [9.17, 15) is 5.11 Å². The minimum Gasteiger partial charge on any atom is -0.387 e. The predicted molar refractivity (Wildman–Crippen MR) is 59.4 cm³/mol. The van der Waals surface area contributed by atoms with Gasteiger partial charge in [-0.3, -0.25) is 0 Å². The highest BCUT2D eigenvalue weighted by molar-refractivity contribution is 4.98. The Labute approximate surface area is 91.3 Å². The molecule has 86 valence electrons. The second-order valence-electron chi connectivity index (χ2n) is 3.89. The van der Waals surface area contributed by atoms with E-state index in [2.05, 4.69) is 24.2 Å². The number of aliphatic hydroxyl groups excluding tert-OH is 1. The molecule has 0 fully saturated rings. The van der Waals surface area contributed by atoms with Gasteiger partial charge < -0.3 is 5.11 Å². The monoisotopic (exact) mass is 211 g/mol. The molecule has 0 aliphatic rings. The topological polar surface area (TPSA) is 50.9 Å². The zero-order valence-electron chi connectivity index (χ0n) is 9.69. The van der Waals surface area contributed by atoms with Crippen LogP contribution in [-0.4, -0.2) is 20.1 Å². The van der Waals surface area contributed by atoms with Crippen LogP contribution >= 0.6 is 0 Å². The van der Waals surface area contributed by atoms with Crippen LogP contribution in [0, 0.1) is 0 Å². The lowest BCUT2D eigenvalue weighted by atomic mass is 10.1. The van der Waals surface area contributed by atoms with E-state index in [0.29, 0.717) is 0 Å². The molecule has 4 heteroatoms. The number of aromatic nitrogens is 3. The second kappa shape index (κ2) is 6.56. The molecule has 0 radical (unpaired) electrons. The van der Waals surface area contributed by atoms with Crippen LogP contribution in [0.1, 0.15) is 57.7 Å². The summed E-state index contributed by atoms with van der Waals surface area (Å²) in [4.78, 5) is 0. The fourth-order valence-electron chi connectivity index (χ4n) is 1.64. The number of aliphatic hydroxyl groups is 1. The molecule has 15 heavy (non-hydrogen) atoms. The van der Waals surface area contributed by atoms with Crippen molar-refractivity contribution in [3.8, 4) is 0 Å². The summed E-state index contributed by atoms with van der Waals surface area (Å²) in [5, 5.41) is 17.7. The Morgan fingerprint density at radius 3 is 2.80 bits per heavy atom. The van der Waals surface area contributed by atoms with Crippen molar-refractivity contribution >= 4 is 0 Å². The van der Waals surface area contributed by atoms with Gasteiger partial charge in [0.25, 0.3) is 0 Å². The van der Waals surface area contributed by atoms with Gasteiger partial charge >= 0.3 is 0 Å². The quantitative estimate of drug-likeness (QED) is 0.704. The summed E-state index contributed by atoms with van der Waals surface area (Å²) in [5.74, 6) is 0. The van der Waals surface area contributed by atoms with Crippen LogP contribution in [0.4, 0.5) is 0 Å². The maximum Gasteiger partial charge on any atom is 0.0973 e. The summed E-state index contributed by atoms with van der Waals surface area (Å²) < 4.78 is 1.80. The molecule has 0 bridgehead atoms. The Bertz CT molecular complexity index is 273. The molecule has 0 aromatic carbocycles. The number of hydrogen-bond donors (Lipinski definition) is 1. The van der Waals surface area contributed by atoms with Gasteiger partial charge in [-0.05, 0) is 12.8 Å². The van der Waals surface area contributed by atoms with Gasteiger partial charge in [0, 0.05) is 6.54 Å². The second-order valence-corrected chi connectivity index (χ2v) is 3.89. The molecule has 1 unspecified atom stereocenters. The first kappa shape index (κ1) is 12.2. The van der Waals surface area contributed by atoms with Crippen molar-refractivity contribution < 1.29 is 5.11 Å². The number of rotatable bonds is 7. The first-order chi connectivity index (χ1) is 7.29. The van der Waals surface area contributed by atoms with E-state index in [4.69, 9.17) is 0 Å². The number of aryl methyl sites for hydroxylation is 1. The fourth-order valence-corrected chi connectivity index (χ4v) is 1.64. The molecule has 0 aliphatic carbocycles.